The highest BCUT2D eigenvalue weighted by Gasteiger charge is 2.53. The van der Waals surface area contributed by atoms with Gasteiger partial charge >= 0.3 is 11.9 Å². The Morgan fingerprint density at radius 2 is 1.79 bits per heavy atom. The SMILES string of the molecule is Nc1nc(SC/C=C/C2=C(C(=O)O)N3C(=O)[C@@H](NC(=O)CSc4cc(Cl)c(SCC(=O)O)cc4Cl)[C@H]3SC2)cc(=O)[nH]1. The number of thioether (sulfide) groups is 4. The van der Waals surface area contributed by atoms with Crippen molar-refractivity contribution in [2.45, 2.75) is 26.2 Å². The minimum atomic E-state index is -1.26. The first-order valence-electron chi connectivity index (χ1n) is 11.8. The molecule has 0 radical (unpaired) electrons. The lowest BCUT2D eigenvalue weighted by Crippen LogP contribution is -2.70. The molecular weight excluding hydrogens is 669 g/mol. The van der Waals surface area contributed by atoms with Crippen LogP contribution < -0.4 is 16.6 Å². The fraction of sp³-hybridized carbons (Fsp3) is 0.250. The molecule has 42 heavy (non-hydrogen) atoms. The average Bonchev–Trinajstić information content (AvgIpc) is 2.92. The molecule has 0 saturated carbocycles. The number of nitrogens with zero attached hydrogens (tertiary/aromatic N) is 2. The third kappa shape index (κ3) is 7.79. The number of nitrogens with two attached hydrogens (primary N) is 1. The maximum Gasteiger partial charge on any atom is 0.352 e. The topological polar surface area (TPSA) is 196 Å². The van der Waals surface area contributed by atoms with Gasteiger partial charge < -0.3 is 21.3 Å². The van der Waals surface area contributed by atoms with Crippen molar-refractivity contribution < 1.29 is 29.4 Å². The number of carbonyl (C=O) groups is 4. The Balaban J connectivity index is 1.34. The monoisotopic (exact) mass is 689 g/mol. The van der Waals surface area contributed by atoms with Crippen LogP contribution in [0.15, 0.2) is 61.2 Å². The Labute approximate surface area is 265 Å². The first-order chi connectivity index (χ1) is 19.9. The van der Waals surface area contributed by atoms with Crippen LogP contribution >= 0.6 is 70.2 Å². The van der Waals surface area contributed by atoms with E-state index < -0.39 is 35.2 Å². The van der Waals surface area contributed by atoms with Crippen molar-refractivity contribution in [2.75, 3.05) is 28.7 Å². The number of fused-ring (bicyclic) bond motifs is 1. The number of hydrogen-bond acceptors (Lipinski definition) is 11. The molecule has 2 aliphatic rings. The molecule has 1 aromatic heterocycles. The van der Waals surface area contributed by atoms with Gasteiger partial charge in [-0.05, 0) is 17.7 Å². The molecule has 1 fully saturated rings. The zero-order valence-electron chi connectivity index (χ0n) is 21.2. The summed E-state index contributed by atoms with van der Waals surface area (Å²) in [5.74, 6) is -2.84. The minimum Gasteiger partial charge on any atom is -0.481 e. The van der Waals surface area contributed by atoms with Gasteiger partial charge in [-0.2, -0.15) is 0 Å². The fourth-order valence-corrected chi connectivity index (χ4v) is 8.12. The van der Waals surface area contributed by atoms with Crippen molar-refractivity contribution in [3.63, 3.8) is 0 Å². The zero-order chi connectivity index (χ0) is 30.6. The smallest absolute Gasteiger partial charge is 0.352 e. The van der Waals surface area contributed by atoms with Crippen molar-refractivity contribution in [3.8, 4) is 0 Å². The lowest BCUT2D eigenvalue weighted by Gasteiger charge is -2.49. The summed E-state index contributed by atoms with van der Waals surface area (Å²) in [5, 5.41) is 21.8. The predicted octanol–water partition coefficient (Wildman–Crippen LogP) is 3.01. The summed E-state index contributed by atoms with van der Waals surface area (Å²) in [4.78, 5) is 68.5. The number of nitrogens with one attached hydrogen (secondary N) is 2. The van der Waals surface area contributed by atoms with E-state index >= 15 is 0 Å². The Hall–Kier alpha value is -2.76. The molecule has 2 aromatic rings. The van der Waals surface area contributed by atoms with Gasteiger partial charge in [0.05, 0.1) is 21.6 Å². The third-order valence-electron chi connectivity index (χ3n) is 5.60. The first-order valence-corrected chi connectivity index (χ1v) is 16.5. The molecule has 2 amide bonds. The second-order valence-electron chi connectivity index (χ2n) is 8.50. The number of carboxylic acid groups (broad SMARTS) is 2. The Kier molecular flexibility index (Phi) is 10.8. The van der Waals surface area contributed by atoms with Gasteiger partial charge in [0.25, 0.3) is 11.5 Å². The van der Waals surface area contributed by atoms with Gasteiger partial charge in [-0.1, -0.05) is 35.4 Å². The molecule has 0 spiro atoms. The summed E-state index contributed by atoms with van der Waals surface area (Å²) in [6, 6.07) is 3.49. The molecule has 2 atom stereocenters. The number of H-pyrrole nitrogens is 1. The number of rotatable bonds is 12. The quantitative estimate of drug-likeness (QED) is 0.124. The number of amides is 2. The normalized spacial score (nSPS) is 18.1. The van der Waals surface area contributed by atoms with Crippen LogP contribution in [0, 0.1) is 0 Å². The molecule has 6 N–H and O–H groups in total. The molecule has 0 unspecified atom stereocenters. The van der Waals surface area contributed by atoms with E-state index in [1.54, 1.807) is 18.2 Å². The summed E-state index contributed by atoms with van der Waals surface area (Å²) in [7, 11) is 0. The van der Waals surface area contributed by atoms with Crippen LogP contribution in [0.3, 0.4) is 0 Å². The van der Waals surface area contributed by atoms with Crippen LogP contribution in [-0.4, -0.2) is 83.3 Å². The molecule has 3 heterocycles. The third-order valence-corrected chi connectivity index (χ3v) is 10.7. The Morgan fingerprint density at radius 3 is 2.40 bits per heavy atom. The number of β-lactam (4-membered cyclic amide) rings is 1. The number of hydrogen-bond donors (Lipinski definition) is 5. The van der Waals surface area contributed by atoms with E-state index in [1.165, 1.54) is 40.6 Å². The molecule has 2 aliphatic heterocycles. The number of aliphatic carboxylic acids is 2. The second-order valence-corrected chi connectivity index (χ2v) is 13.5. The van der Waals surface area contributed by atoms with Crippen molar-refractivity contribution in [2.24, 2.45) is 0 Å². The second kappa shape index (κ2) is 14.1. The van der Waals surface area contributed by atoms with Gasteiger partial charge in [0.15, 0.2) is 0 Å². The van der Waals surface area contributed by atoms with Crippen LogP contribution in [0.25, 0.3) is 0 Å². The first kappa shape index (κ1) is 32.2. The van der Waals surface area contributed by atoms with Crippen LogP contribution in [0.1, 0.15) is 0 Å². The number of anilines is 1. The fourth-order valence-electron chi connectivity index (χ4n) is 3.85. The van der Waals surface area contributed by atoms with Gasteiger partial charge in [-0.25, -0.2) is 9.78 Å². The number of aromatic nitrogens is 2. The molecule has 4 rings (SSSR count). The van der Waals surface area contributed by atoms with Gasteiger partial charge in [-0.15, -0.1) is 47.0 Å². The van der Waals surface area contributed by atoms with Crippen LogP contribution in [0.4, 0.5) is 5.95 Å². The molecular formula is C24H21Cl2N5O7S4. The number of nitrogen functional groups attached to an aromatic ring is 1. The lowest BCUT2D eigenvalue weighted by atomic mass is 10.0. The highest BCUT2D eigenvalue weighted by Crippen LogP contribution is 2.41. The molecule has 1 aromatic carbocycles. The summed E-state index contributed by atoms with van der Waals surface area (Å²) < 4.78 is 0. The van der Waals surface area contributed by atoms with Crippen LogP contribution in [0.5, 0.6) is 0 Å². The van der Waals surface area contributed by atoms with Crippen molar-refractivity contribution in [1.82, 2.24) is 20.2 Å². The summed E-state index contributed by atoms with van der Waals surface area (Å²) in [6.07, 6.45) is 3.32. The van der Waals surface area contributed by atoms with Gasteiger partial charge in [-0.3, -0.25) is 29.1 Å². The number of allylic oxidation sites excluding steroid dienone is 1. The van der Waals surface area contributed by atoms with E-state index in [0.717, 1.165) is 23.5 Å². The zero-order valence-corrected chi connectivity index (χ0v) is 25.9. The summed E-state index contributed by atoms with van der Waals surface area (Å²) >= 11 is 17.2. The average molecular weight is 691 g/mol. The van der Waals surface area contributed by atoms with Gasteiger partial charge in [0.2, 0.25) is 11.9 Å². The van der Waals surface area contributed by atoms with E-state index in [-0.39, 0.29) is 28.7 Å². The number of carbonyl (C=O) groups excluding carboxylic acids is 2. The van der Waals surface area contributed by atoms with Gasteiger partial charge in [0, 0.05) is 27.4 Å². The van der Waals surface area contributed by atoms with Gasteiger partial charge in [0.1, 0.15) is 22.1 Å². The number of aromatic amines is 1. The molecule has 18 heteroatoms. The van der Waals surface area contributed by atoms with E-state index in [1.807, 2.05) is 0 Å². The van der Waals surface area contributed by atoms with E-state index in [9.17, 15) is 29.1 Å². The standard InChI is InChI=1S/C24H21Cl2N5O7S4/c25-11-5-14(41-9-18(34)35)12(26)4-13(11)40-8-16(33)28-19-21(36)31-20(23(37)38)10(7-42-22(19)31)2-1-3-39-17-6-15(32)29-24(27)30-17/h1-2,4-6,19,22H,3,7-9H2,(H,28,33)(H,34,35)(H,37,38)(H3,27,29,30,32)/b2-1+/t19-,22-/m1/s1. The molecule has 12 nitrogen and oxygen atoms in total. The molecule has 0 aliphatic carbocycles. The summed E-state index contributed by atoms with van der Waals surface area (Å²) in [6.45, 7) is 0. The molecule has 222 valence electrons. The van der Waals surface area contributed by atoms with E-state index in [0.29, 0.717) is 41.9 Å². The number of benzene rings is 1. The Morgan fingerprint density at radius 1 is 1.12 bits per heavy atom. The van der Waals surface area contributed by atoms with Crippen molar-refractivity contribution in [3.05, 3.63) is 62.0 Å². The van der Waals surface area contributed by atoms with Crippen LogP contribution in [0.2, 0.25) is 10.0 Å². The van der Waals surface area contributed by atoms with E-state index in [2.05, 4.69) is 15.3 Å². The predicted molar refractivity (Wildman–Crippen MR) is 164 cm³/mol. The number of halogens is 2. The maximum atomic E-state index is 12.9. The van der Waals surface area contributed by atoms with E-state index in [4.69, 9.17) is 34.0 Å². The largest absolute Gasteiger partial charge is 0.481 e. The summed E-state index contributed by atoms with van der Waals surface area (Å²) in [5.41, 5.74) is 5.44. The van der Waals surface area contributed by atoms with Crippen molar-refractivity contribution in [1.29, 1.82) is 0 Å². The molecule has 0 bridgehead atoms. The minimum absolute atomic E-state index is 0.00731. The van der Waals surface area contributed by atoms with Crippen molar-refractivity contribution >= 4 is 100.0 Å². The highest BCUT2D eigenvalue weighted by molar-refractivity contribution is 8.01. The lowest BCUT2D eigenvalue weighted by molar-refractivity contribution is -0.150. The molecule has 1 saturated heterocycles. The number of carboxylic acids is 2. The highest BCUT2D eigenvalue weighted by atomic mass is 35.5. The Bertz CT molecular complexity index is 1570. The van der Waals surface area contributed by atoms with Crippen LogP contribution in [-0.2, 0) is 19.2 Å². The maximum absolute atomic E-state index is 12.9.